The molecule has 0 aliphatic carbocycles. The van der Waals surface area contributed by atoms with Crippen molar-refractivity contribution >= 4 is 11.6 Å². The Hall–Kier alpha value is -4.40. The van der Waals surface area contributed by atoms with Crippen LogP contribution in [0.5, 0.6) is 5.75 Å². The Labute approximate surface area is 201 Å². The summed E-state index contributed by atoms with van der Waals surface area (Å²) in [4.78, 5) is 19.2. The number of hydrogen-bond acceptors (Lipinski definition) is 6. The molecular formula is C26H23FN4O4. The first-order valence-electron chi connectivity index (χ1n) is 11.0. The number of aryl methyl sites for hydroxylation is 1. The summed E-state index contributed by atoms with van der Waals surface area (Å²) < 4.78 is 30.3. The third-order valence-corrected chi connectivity index (χ3v) is 5.97. The lowest BCUT2D eigenvalue weighted by molar-refractivity contribution is 0.199. The van der Waals surface area contributed by atoms with Gasteiger partial charge in [0.2, 0.25) is 5.82 Å². The smallest absolute Gasteiger partial charge is 0.322 e. The molecule has 1 atom stereocenters. The van der Waals surface area contributed by atoms with Gasteiger partial charge in [0.05, 0.1) is 31.5 Å². The van der Waals surface area contributed by atoms with Crippen molar-refractivity contribution in [3.05, 3.63) is 95.2 Å². The van der Waals surface area contributed by atoms with Gasteiger partial charge >= 0.3 is 6.03 Å². The molecule has 178 valence electrons. The molecule has 35 heavy (non-hydrogen) atoms. The summed E-state index contributed by atoms with van der Waals surface area (Å²) in [6, 6.07) is 15.1. The predicted octanol–water partition coefficient (Wildman–Crippen LogP) is 5.48. The molecule has 5 rings (SSSR count). The molecule has 8 nitrogen and oxygen atoms in total. The zero-order valence-corrected chi connectivity index (χ0v) is 19.4. The average Bonchev–Trinajstić information content (AvgIpc) is 3.54. The number of nitrogens with zero attached hydrogens (tertiary/aromatic N) is 3. The molecule has 1 aliphatic rings. The first-order chi connectivity index (χ1) is 16.9. The minimum Gasteiger partial charge on any atom is -0.494 e. The van der Waals surface area contributed by atoms with Crippen LogP contribution >= 0.6 is 0 Å². The number of methoxy groups -OCH3 is 1. The largest absolute Gasteiger partial charge is 0.494 e. The Morgan fingerprint density at radius 1 is 1.14 bits per heavy atom. The van der Waals surface area contributed by atoms with Crippen LogP contribution in [0.25, 0.3) is 17.0 Å². The van der Waals surface area contributed by atoms with Crippen molar-refractivity contribution in [2.45, 2.75) is 26.4 Å². The van der Waals surface area contributed by atoms with E-state index in [1.165, 1.54) is 19.2 Å². The third-order valence-electron chi connectivity index (χ3n) is 5.97. The minimum absolute atomic E-state index is 0.124. The number of rotatable bonds is 6. The maximum Gasteiger partial charge on any atom is 0.322 e. The SMILES string of the molecule is COc1ccc(-c2noc(C3=C(C)N(Cc4ccco4)C(=O)NC3c3ccc(C)cc3)n2)cc1F. The van der Waals surface area contributed by atoms with Crippen molar-refractivity contribution < 1.29 is 22.9 Å². The van der Waals surface area contributed by atoms with Crippen LogP contribution < -0.4 is 10.1 Å². The normalized spacial score (nSPS) is 15.9. The highest BCUT2D eigenvalue weighted by atomic mass is 19.1. The second-order valence-corrected chi connectivity index (χ2v) is 8.23. The number of nitrogens with one attached hydrogen (secondary N) is 1. The van der Waals surface area contributed by atoms with Gasteiger partial charge in [-0.3, -0.25) is 4.90 Å². The lowest BCUT2D eigenvalue weighted by atomic mass is 9.94. The van der Waals surface area contributed by atoms with Crippen LogP contribution in [0.2, 0.25) is 0 Å². The number of allylic oxidation sites excluding steroid dienone is 1. The van der Waals surface area contributed by atoms with Crippen molar-refractivity contribution in [3.63, 3.8) is 0 Å². The second-order valence-electron chi connectivity index (χ2n) is 8.23. The summed E-state index contributed by atoms with van der Waals surface area (Å²) in [6.45, 7) is 4.06. The quantitative estimate of drug-likeness (QED) is 0.398. The van der Waals surface area contributed by atoms with Gasteiger partial charge in [0.15, 0.2) is 11.6 Å². The minimum atomic E-state index is -0.529. The number of carbonyl (C=O) groups is 1. The number of amides is 2. The molecule has 4 aromatic rings. The molecule has 2 amide bonds. The van der Waals surface area contributed by atoms with Gasteiger partial charge in [0, 0.05) is 11.3 Å². The first-order valence-corrected chi connectivity index (χ1v) is 11.0. The highest BCUT2D eigenvalue weighted by molar-refractivity contribution is 5.86. The molecule has 1 N–H and O–H groups in total. The fourth-order valence-electron chi connectivity index (χ4n) is 4.07. The Kier molecular flexibility index (Phi) is 5.82. The highest BCUT2D eigenvalue weighted by Gasteiger charge is 2.36. The summed E-state index contributed by atoms with van der Waals surface area (Å²) in [5.41, 5.74) is 3.70. The maximum atomic E-state index is 14.3. The number of benzene rings is 2. The molecule has 0 saturated heterocycles. The van der Waals surface area contributed by atoms with Crippen molar-refractivity contribution in [1.29, 1.82) is 0 Å². The van der Waals surface area contributed by atoms with E-state index < -0.39 is 11.9 Å². The lowest BCUT2D eigenvalue weighted by Crippen LogP contribution is -2.45. The third kappa shape index (κ3) is 4.28. The van der Waals surface area contributed by atoms with E-state index in [0.29, 0.717) is 22.6 Å². The summed E-state index contributed by atoms with van der Waals surface area (Å²) >= 11 is 0. The van der Waals surface area contributed by atoms with E-state index >= 15 is 0 Å². The average molecular weight is 474 g/mol. The van der Waals surface area contributed by atoms with Crippen molar-refractivity contribution in [2.24, 2.45) is 0 Å². The molecule has 0 spiro atoms. The Morgan fingerprint density at radius 2 is 1.94 bits per heavy atom. The van der Waals surface area contributed by atoms with E-state index in [-0.39, 0.29) is 30.0 Å². The van der Waals surface area contributed by atoms with Gasteiger partial charge < -0.3 is 19.0 Å². The van der Waals surface area contributed by atoms with E-state index in [0.717, 1.165) is 11.1 Å². The molecule has 1 unspecified atom stereocenters. The van der Waals surface area contributed by atoms with E-state index in [1.807, 2.05) is 38.1 Å². The molecule has 3 heterocycles. The summed E-state index contributed by atoms with van der Waals surface area (Å²) in [5, 5.41) is 7.13. The highest BCUT2D eigenvalue weighted by Crippen LogP contribution is 2.38. The van der Waals surface area contributed by atoms with Gasteiger partial charge in [-0.2, -0.15) is 4.98 Å². The van der Waals surface area contributed by atoms with Crippen LogP contribution in [0.1, 0.15) is 35.7 Å². The lowest BCUT2D eigenvalue weighted by Gasteiger charge is -2.34. The summed E-state index contributed by atoms with van der Waals surface area (Å²) in [7, 11) is 1.40. The van der Waals surface area contributed by atoms with Gasteiger partial charge in [0.25, 0.3) is 5.89 Å². The van der Waals surface area contributed by atoms with Crippen LogP contribution in [0.15, 0.2) is 75.5 Å². The number of carbonyl (C=O) groups excluding carboxylic acids is 1. The predicted molar refractivity (Wildman–Crippen MR) is 126 cm³/mol. The van der Waals surface area contributed by atoms with Crippen LogP contribution in [-0.2, 0) is 6.54 Å². The number of urea groups is 1. The van der Waals surface area contributed by atoms with Gasteiger partial charge in [-0.15, -0.1) is 0 Å². The Balaban J connectivity index is 1.58. The van der Waals surface area contributed by atoms with E-state index in [4.69, 9.17) is 13.7 Å². The number of halogens is 1. The van der Waals surface area contributed by atoms with Crippen molar-refractivity contribution in [1.82, 2.24) is 20.4 Å². The molecule has 0 fully saturated rings. The number of furan rings is 1. The molecule has 1 aliphatic heterocycles. The maximum absolute atomic E-state index is 14.3. The number of hydrogen-bond donors (Lipinski definition) is 1. The van der Waals surface area contributed by atoms with Gasteiger partial charge in [-0.1, -0.05) is 35.0 Å². The summed E-state index contributed by atoms with van der Waals surface area (Å²) in [6.07, 6.45) is 1.56. The van der Waals surface area contributed by atoms with E-state index in [2.05, 4.69) is 15.5 Å². The fourth-order valence-corrected chi connectivity index (χ4v) is 4.07. The van der Waals surface area contributed by atoms with Gasteiger partial charge in [-0.05, 0) is 49.7 Å². The van der Waals surface area contributed by atoms with Gasteiger partial charge in [0.1, 0.15) is 5.76 Å². The monoisotopic (exact) mass is 474 g/mol. The molecule has 2 aromatic heterocycles. The van der Waals surface area contributed by atoms with Gasteiger partial charge in [-0.25, -0.2) is 9.18 Å². The van der Waals surface area contributed by atoms with Crippen LogP contribution in [0.3, 0.4) is 0 Å². The topological polar surface area (TPSA) is 93.6 Å². The molecule has 0 bridgehead atoms. The molecule has 9 heteroatoms. The van der Waals surface area contributed by atoms with Crippen molar-refractivity contribution in [3.8, 4) is 17.1 Å². The second kappa shape index (κ2) is 9.09. The van der Waals surface area contributed by atoms with Crippen LogP contribution in [0.4, 0.5) is 9.18 Å². The number of ether oxygens (including phenoxy) is 1. The van der Waals surface area contributed by atoms with E-state index in [1.54, 1.807) is 29.4 Å². The Bertz CT molecular complexity index is 1390. The molecule has 0 saturated carbocycles. The number of aromatic nitrogens is 2. The van der Waals surface area contributed by atoms with Crippen LogP contribution in [-0.4, -0.2) is 28.2 Å². The zero-order chi connectivity index (χ0) is 24.5. The van der Waals surface area contributed by atoms with Crippen LogP contribution in [0, 0.1) is 12.7 Å². The zero-order valence-electron chi connectivity index (χ0n) is 19.4. The fraction of sp³-hybridized carbons (Fsp3) is 0.192. The molecule has 2 aromatic carbocycles. The Morgan fingerprint density at radius 3 is 2.63 bits per heavy atom. The standard InChI is InChI=1S/C26H23FN4O4/c1-15-6-8-17(9-7-15)23-22(16(2)31(26(32)28-23)14-19-5-4-12-34-19)25-29-24(30-35-25)18-10-11-21(33-3)20(27)13-18/h4-13,23H,14H2,1-3H3,(H,28,32). The van der Waals surface area contributed by atoms with E-state index in [9.17, 15) is 9.18 Å². The molecule has 0 radical (unpaired) electrons. The van der Waals surface area contributed by atoms with Crippen molar-refractivity contribution in [2.75, 3.05) is 7.11 Å². The first kappa shape index (κ1) is 22.4. The molecular weight excluding hydrogens is 451 g/mol. The summed E-state index contributed by atoms with van der Waals surface area (Å²) in [5.74, 6) is 0.674.